The van der Waals surface area contributed by atoms with Crippen molar-refractivity contribution in [2.24, 2.45) is 5.73 Å². The van der Waals surface area contributed by atoms with E-state index in [1.807, 2.05) is 0 Å². The molecular weight excluding hydrogens is 302 g/mol. The summed E-state index contributed by atoms with van der Waals surface area (Å²) in [5.41, 5.74) is 10.1. The lowest BCUT2D eigenvalue weighted by Gasteiger charge is -2.44. The molecule has 106 valence electrons. The number of ether oxygens (including phenoxy) is 1. The summed E-state index contributed by atoms with van der Waals surface area (Å²) in [5, 5.41) is 0. The Morgan fingerprint density at radius 2 is 2.05 bits per heavy atom. The minimum Gasteiger partial charge on any atom is -0.496 e. The summed E-state index contributed by atoms with van der Waals surface area (Å²) in [6.07, 6.45) is 3.62. The molecule has 0 saturated heterocycles. The van der Waals surface area contributed by atoms with E-state index in [-0.39, 0.29) is 5.41 Å². The Morgan fingerprint density at radius 3 is 2.42 bits per heavy atom. The van der Waals surface area contributed by atoms with E-state index in [0.717, 1.165) is 5.75 Å². The molecule has 0 aliphatic heterocycles. The number of hydrogen-bond donors (Lipinski definition) is 1. The van der Waals surface area contributed by atoms with Gasteiger partial charge in [-0.15, -0.1) is 0 Å². The number of methoxy groups -OCH3 is 1. The molecule has 1 aliphatic rings. The molecule has 0 heterocycles. The fourth-order valence-corrected chi connectivity index (χ4v) is 3.64. The van der Waals surface area contributed by atoms with Crippen LogP contribution in [0, 0.1) is 6.92 Å². The Morgan fingerprint density at radius 1 is 1.42 bits per heavy atom. The maximum absolute atomic E-state index is 6.10. The number of hydrogen-bond acceptors (Lipinski definition) is 2. The smallest absolute Gasteiger partial charge is 0.126 e. The molecule has 2 nitrogen and oxygen atoms in total. The Balaban J connectivity index is 2.70. The zero-order chi connectivity index (χ0) is 14.2. The van der Waals surface area contributed by atoms with Crippen molar-refractivity contribution in [2.75, 3.05) is 13.7 Å². The second-order valence-electron chi connectivity index (χ2n) is 5.97. The number of rotatable bonds is 4. The summed E-state index contributed by atoms with van der Waals surface area (Å²) in [6.45, 7) is 7.29. The highest BCUT2D eigenvalue weighted by atomic mass is 79.9. The third-order valence-corrected chi connectivity index (χ3v) is 5.39. The largest absolute Gasteiger partial charge is 0.496 e. The van der Waals surface area contributed by atoms with Crippen molar-refractivity contribution in [1.82, 2.24) is 0 Å². The lowest BCUT2D eigenvalue weighted by Crippen LogP contribution is -2.42. The predicted molar refractivity (Wildman–Crippen MR) is 84.1 cm³/mol. The monoisotopic (exact) mass is 325 g/mol. The van der Waals surface area contributed by atoms with Crippen molar-refractivity contribution in [3.8, 4) is 5.75 Å². The molecule has 0 atom stereocenters. The van der Waals surface area contributed by atoms with Crippen molar-refractivity contribution in [3.05, 3.63) is 27.2 Å². The van der Waals surface area contributed by atoms with E-state index in [9.17, 15) is 0 Å². The molecule has 1 aliphatic carbocycles. The summed E-state index contributed by atoms with van der Waals surface area (Å²) in [4.78, 5) is 0. The van der Waals surface area contributed by atoms with Gasteiger partial charge < -0.3 is 10.5 Å². The maximum atomic E-state index is 6.10. The Labute approximate surface area is 124 Å². The predicted octanol–water partition coefficient (Wildman–Crippen LogP) is 4.27. The molecule has 19 heavy (non-hydrogen) atoms. The fraction of sp³-hybridized carbons (Fsp3) is 0.625. The van der Waals surface area contributed by atoms with Gasteiger partial charge in [0.1, 0.15) is 5.75 Å². The molecule has 3 heteroatoms. The molecule has 0 unspecified atom stereocenters. The average molecular weight is 326 g/mol. The lowest BCUT2D eigenvalue weighted by atomic mass is 9.62. The van der Waals surface area contributed by atoms with E-state index >= 15 is 0 Å². The van der Waals surface area contributed by atoms with Crippen molar-refractivity contribution in [3.63, 3.8) is 0 Å². The van der Waals surface area contributed by atoms with Gasteiger partial charge in [-0.3, -0.25) is 0 Å². The van der Waals surface area contributed by atoms with Crippen molar-refractivity contribution in [2.45, 2.75) is 51.4 Å². The maximum Gasteiger partial charge on any atom is 0.126 e. The number of benzene rings is 1. The minimum absolute atomic E-state index is 0.128. The van der Waals surface area contributed by atoms with Crippen LogP contribution in [0.3, 0.4) is 0 Å². The standard InChI is InChI=1S/C16H24BrNO/c1-10(2)12-8-13(17)11(3)14(15(12)19-4)16(9-18)6-5-7-16/h8,10H,5-7,9,18H2,1-4H3. The first kappa shape index (κ1) is 14.9. The summed E-state index contributed by atoms with van der Waals surface area (Å²) in [7, 11) is 1.78. The molecule has 0 spiro atoms. The first-order valence-electron chi connectivity index (χ1n) is 7.04. The molecule has 2 rings (SSSR count). The van der Waals surface area contributed by atoms with Gasteiger partial charge in [-0.05, 0) is 42.9 Å². The highest BCUT2D eigenvalue weighted by Gasteiger charge is 2.41. The highest BCUT2D eigenvalue weighted by molar-refractivity contribution is 9.10. The van der Waals surface area contributed by atoms with E-state index < -0.39 is 0 Å². The topological polar surface area (TPSA) is 35.2 Å². The molecule has 1 aromatic rings. The first-order chi connectivity index (χ1) is 8.96. The van der Waals surface area contributed by atoms with Crippen LogP contribution in [-0.2, 0) is 5.41 Å². The summed E-state index contributed by atoms with van der Waals surface area (Å²) < 4.78 is 6.95. The van der Waals surface area contributed by atoms with Gasteiger partial charge in [0, 0.05) is 22.0 Å². The molecule has 1 saturated carbocycles. The van der Waals surface area contributed by atoms with Gasteiger partial charge in [0.05, 0.1) is 7.11 Å². The quantitative estimate of drug-likeness (QED) is 0.897. The third-order valence-electron chi connectivity index (χ3n) is 4.56. The van der Waals surface area contributed by atoms with Crippen LogP contribution in [0.4, 0.5) is 0 Å². The summed E-state index contributed by atoms with van der Waals surface area (Å²) >= 11 is 3.71. The molecule has 0 radical (unpaired) electrons. The van der Waals surface area contributed by atoms with Crippen LogP contribution in [0.25, 0.3) is 0 Å². The average Bonchev–Trinajstić information content (AvgIpc) is 2.33. The molecule has 0 amide bonds. The SMILES string of the molecule is COc1c(C(C)C)cc(Br)c(C)c1C1(CN)CCC1. The zero-order valence-corrected chi connectivity index (χ0v) is 13.9. The van der Waals surface area contributed by atoms with E-state index in [0.29, 0.717) is 12.5 Å². The summed E-state index contributed by atoms with van der Waals surface area (Å²) in [6, 6.07) is 2.20. The van der Waals surface area contributed by atoms with Crippen LogP contribution >= 0.6 is 15.9 Å². The highest BCUT2D eigenvalue weighted by Crippen LogP contribution is 2.51. The van der Waals surface area contributed by atoms with Crippen LogP contribution < -0.4 is 10.5 Å². The van der Waals surface area contributed by atoms with Gasteiger partial charge in [0.2, 0.25) is 0 Å². The van der Waals surface area contributed by atoms with Gasteiger partial charge in [0.25, 0.3) is 0 Å². The van der Waals surface area contributed by atoms with Crippen LogP contribution in [-0.4, -0.2) is 13.7 Å². The molecule has 0 aromatic heterocycles. The lowest BCUT2D eigenvalue weighted by molar-refractivity contribution is 0.241. The van der Waals surface area contributed by atoms with Gasteiger partial charge in [-0.25, -0.2) is 0 Å². The van der Waals surface area contributed by atoms with E-state index in [1.54, 1.807) is 7.11 Å². The Hall–Kier alpha value is -0.540. The van der Waals surface area contributed by atoms with Crippen molar-refractivity contribution in [1.29, 1.82) is 0 Å². The minimum atomic E-state index is 0.128. The van der Waals surface area contributed by atoms with Gasteiger partial charge in [0.15, 0.2) is 0 Å². The zero-order valence-electron chi connectivity index (χ0n) is 12.3. The summed E-state index contributed by atoms with van der Waals surface area (Å²) in [5.74, 6) is 1.50. The van der Waals surface area contributed by atoms with Crippen LogP contribution in [0.2, 0.25) is 0 Å². The number of halogens is 1. The van der Waals surface area contributed by atoms with Crippen molar-refractivity contribution < 1.29 is 4.74 Å². The third kappa shape index (κ3) is 2.31. The van der Waals surface area contributed by atoms with Gasteiger partial charge in [-0.1, -0.05) is 36.2 Å². The Kier molecular flexibility index (Phi) is 4.26. The molecule has 2 N–H and O–H groups in total. The van der Waals surface area contributed by atoms with Crippen molar-refractivity contribution >= 4 is 15.9 Å². The molecule has 0 bridgehead atoms. The van der Waals surface area contributed by atoms with Gasteiger partial charge in [-0.2, -0.15) is 0 Å². The second kappa shape index (κ2) is 5.45. The fourth-order valence-electron chi connectivity index (χ4n) is 3.19. The first-order valence-corrected chi connectivity index (χ1v) is 7.83. The second-order valence-corrected chi connectivity index (χ2v) is 6.83. The normalized spacial score (nSPS) is 17.4. The van der Waals surface area contributed by atoms with E-state index in [4.69, 9.17) is 10.5 Å². The van der Waals surface area contributed by atoms with Crippen LogP contribution in [0.1, 0.15) is 55.7 Å². The van der Waals surface area contributed by atoms with Crippen LogP contribution in [0.5, 0.6) is 5.75 Å². The molecule has 1 fully saturated rings. The van der Waals surface area contributed by atoms with E-state index in [2.05, 4.69) is 42.8 Å². The van der Waals surface area contributed by atoms with Crippen LogP contribution in [0.15, 0.2) is 10.5 Å². The molecule has 1 aromatic carbocycles. The van der Waals surface area contributed by atoms with E-state index in [1.165, 1.54) is 40.4 Å². The Bertz CT molecular complexity index is 473. The number of nitrogens with two attached hydrogens (primary N) is 1. The molecular formula is C16H24BrNO. The van der Waals surface area contributed by atoms with Gasteiger partial charge >= 0.3 is 0 Å².